The first-order chi connectivity index (χ1) is 40.7. The van der Waals surface area contributed by atoms with Crippen molar-refractivity contribution in [3.8, 4) is 5.75 Å². The third kappa shape index (κ3) is 31.9. The van der Waals surface area contributed by atoms with Crippen molar-refractivity contribution in [1.29, 1.82) is 0 Å². The summed E-state index contributed by atoms with van der Waals surface area (Å²) in [7, 11) is 0. The number of hydrogen-bond donors (Lipinski definition) is 0. The summed E-state index contributed by atoms with van der Waals surface area (Å²) in [5, 5.41) is 2.25. The van der Waals surface area contributed by atoms with Crippen molar-refractivity contribution >= 4 is 34.8 Å². The van der Waals surface area contributed by atoms with Crippen LogP contribution in [-0.2, 0) is 25.4 Å². The van der Waals surface area contributed by atoms with Crippen LogP contribution in [0.25, 0.3) is 0 Å². The Morgan fingerprint density at radius 1 is 0.427 bits per heavy atom. The Bertz CT molecular complexity index is 3130. The van der Waals surface area contributed by atoms with Gasteiger partial charge in [0.15, 0.2) is 11.6 Å². The average molecular weight is 1300 g/mol. The zero-order valence-electron chi connectivity index (χ0n) is 55.7. The molecule has 0 amide bonds. The molecule has 0 aliphatic heterocycles. The van der Waals surface area contributed by atoms with Crippen molar-refractivity contribution in [1.82, 2.24) is 0 Å². The summed E-state index contributed by atoms with van der Waals surface area (Å²) in [4.78, 5) is 0. The lowest BCUT2D eigenvalue weighted by Gasteiger charge is -2.32. The van der Waals surface area contributed by atoms with Gasteiger partial charge in [-0.3, -0.25) is 0 Å². The van der Waals surface area contributed by atoms with Crippen molar-refractivity contribution in [3.05, 3.63) is 241 Å². The molecule has 89 heavy (non-hydrogen) atoms. The molecule has 3 atom stereocenters. The number of benzene rings is 7. The van der Waals surface area contributed by atoms with Crippen LogP contribution in [0.1, 0.15) is 200 Å². The monoisotopic (exact) mass is 1300 g/mol. The van der Waals surface area contributed by atoms with Gasteiger partial charge in [0.1, 0.15) is 11.6 Å². The molecular weight excluding hydrogens is 1210 g/mol. The molecule has 0 spiro atoms. The van der Waals surface area contributed by atoms with Crippen LogP contribution < -0.4 is 4.74 Å². The number of halogens is 12. The Morgan fingerprint density at radius 2 is 0.910 bits per heavy atom. The van der Waals surface area contributed by atoms with Gasteiger partial charge in [0, 0.05) is 21.0 Å². The van der Waals surface area contributed by atoms with Crippen LogP contribution in [0, 0.1) is 50.4 Å². The molecule has 0 radical (unpaired) electrons. The van der Waals surface area contributed by atoms with Gasteiger partial charge in [-0.05, 0) is 182 Å². The molecule has 7 aromatic carbocycles. The minimum Gasteiger partial charge on any atom is -0.406 e. The fraction of sp³-hybridized carbons (Fsp3) is 0.447. The molecule has 0 bridgehead atoms. The van der Waals surface area contributed by atoms with Crippen LogP contribution in [0.4, 0.5) is 39.5 Å². The van der Waals surface area contributed by atoms with E-state index >= 15 is 0 Å². The highest BCUT2D eigenvalue weighted by molar-refractivity contribution is 6.34. The second-order valence-corrected chi connectivity index (χ2v) is 29.9. The first-order valence-corrected chi connectivity index (χ1v) is 31.3. The molecule has 490 valence electrons. The minimum atomic E-state index is -4.63. The van der Waals surface area contributed by atoms with Crippen LogP contribution >= 0.6 is 34.8 Å². The number of ether oxygens (including phenoxy) is 1. The SMILES string of the molecule is CC(C)(C)C(c1ccccc1)c1cccc(Cl)c1.CC(C)(C)Cc1ccc(F)c(F)c1.CC(C)(C)Cc1ccc(F)cc1.CC(C)Cc1ccccc1C(F)(F)F.CC(c1ccc(OC(F)(F)F)cc1)C(C)(C)C.CCC(c1cc(Cl)cc(Cl)c1)C(C)(C)C. The quantitative estimate of drug-likeness (QED) is 0.124. The van der Waals surface area contributed by atoms with Crippen molar-refractivity contribution in [2.75, 3.05) is 0 Å². The zero-order valence-corrected chi connectivity index (χ0v) is 57.9. The van der Waals surface area contributed by atoms with Crippen LogP contribution in [0.15, 0.2) is 164 Å². The number of hydrogen-bond acceptors (Lipinski definition) is 1. The van der Waals surface area contributed by atoms with Crippen molar-refractivity contribution in [3.63, 3.8) is 0 Å². The third-order valence-electron chi connectivity index (χ3n) is 14.2. The van der Waals surface area contributed by atoms with Gasteiger partial charge in [0.05, 0.1) is 5.56 Å². The van der Waals surface area contributed by atoms with Crippen LogP contribution in [-0.4, -0.2) is 6.36 Å². The molecule has 0 aromatic heterocycles. The summed E-state index contributed by atoms with van der Waals surface area (Å²) in [6.07, 6.45) is -5.55. The smallest absolute Gasteiger partial charge is 0.406 e. The summed E-state index contributed by atoms with van der Waals surface area (Å²) in [5.74, 6) is -0.526. The molecule has 0 aliphatic carbocycles. The highest BCUT2D eigenvalue weighted by atomic mass is 35.5. The molecule has 1 nitrogen and oxygen atoms in total. The van der Waals surface area contributed by atoms with Crippen molar-refractivity contribution < 1.29 is 44.3 Å². The summed E-state index contributed by atoms with van der Waals surface area (Å²) < 4.78 is 115. The Kier molecular flexibility index (Phi) is 31.2. The van der Waals surface area contributed by atoms with E-state index in [1.807, 2.05) is 50.2 Å². The maximum absolute atomic E-state index is 12.8. The van der Waals surface area contributed by atoms with Crippen molar-refractivity contribution in [2.24, 2.45) is 33.0 Å². The standard InChI is InChI=1S/C17H19Cl.C13H18Cl2.C13H17F3O.C11H13F3.C11H14F2.C11H15F/c1-17(2,3)16(13-8-5-4-6-9-13)14-10-7-11-15(18)12-14;1-5-12(13(2,3)4)9-6-10(14)8-11(15)7-9;1-9(12(2,3)4)10-5-7-11(8-6-10)17-13(14,15)16;1-8(2)7-9-5-3-4-6-10(9)11(12,13)14;1-11(2,3)7-8-4-5-9(12)10(13)6-8;1-11(2,3)8-9-4-6-10(12)7-5-9/h4-12,16H,1-3H3;6-8,12H,5H2,1-4H3;5-9H,1-4H3;3-6,8H,7H2,1-2H3;4-6H,7H2,1-3H3;4-7H,8H2,1-3H3. The van der Waals surface area contributed by atoms with Gasteiger partial charge in [0.2, 0.25) is 0 Å². The predicted molar refractivity (Wildman–Crippen MR) is 358 cm³/mol. The molecule has 0 saturated carbocycles. The molecule has 0 saturated heterocycles. The van der Waals surface area contributed by atoms with E-state index < -0.39 is 29.7 Å². The number of alkyl halides is 6. The van der Waals surface area contributed by atoms with Gasteiger partial charge in [0.25, 0.3) is 0 Å². The fourth-order valence-electron chi connectivity index (χ4n) is 10.00. The fourth-order valence-corrected chi connectivity index (χ4v) is 10.7. The summed E-state index contributed by atoms with van der Waals surface area (Å²) in [5.41, 5.74) is 7.63. The van der Waals surface area contributed by atoms with Crippen LogP contribution in [0.5, 0.6) is 5.75 Å². The molecule has 7 aromatic rings. The summed E-state index contributed by atoms with van der Waals surface area (Å²) in [6, 6.07) is 47.2. The highest BCUT2D eigenvalue weighted by Gasteiger charge is 2.34. The van der Waals surface area contributed by atoms with E-state index in [1.54, 1.807) is 36.4 Å². The molecule has 13 heteroatoms. The van der Waals surface area contributed by atoms with E-state index in [4.69, 9.17) is 34.8 Å². The topological polar surface area (TPSA) is 9.23 Å². The first kappa shape index (κ1) is 79.7. The van der Waals surface area contributed by atoms with Gasteiger partial charge < -0.3 is 4.74 Å². The Labute approximate surface area is 543 Å². The van der Waals surface area contributed by atoms with Crippen LogP contribution in [0.3, 0.4) is 0 Å². The van der Waals surface area contributed by atoms with Gasteiger partial charge in [-0.15, -0.1) is 13.2 Å². The molecular formula is C76H96Cl3F9O. The lowest BCUT2D eigenvalue weighted by Crippen LogP contribution is -2.19. The maximum Gasteiger partial charge on any atom is 0.573 e. The molecule has 0 fully saturated rings. The van der Waals surface area contributed by atoms with E-state index in [0.29, 0.717) is 23.8 Å². The Balaban J connectivity index is 0.000000366. The zero-order chi connectivity index (χ0) is 68.1. The largest absolute Gasteiger partial charge is 0.573 e. The third-order valence-corrected chi connectivity index (χ3v) is 14.8. The number of rotatable bonds is 10. The molecule has 0 aliphatic rings. The predicted octanol–water partition coefficient (Wildman–Crippen LogP) is 26.7. The Hall–Kier alpha value is -5.42. The van der Waals surface area contributed by atoms with Crippen LogP contribution in [0.2, 0.25) is 15.1 Å². The van der Waals surface area contributed by atoms with E-state index in [0.717, 1.165) is 51.5 Å². The van der Waals surface area contributed by atoms with Crippen molar-refractivity contribution in [2.45, 2.75) is 188 Å². The van der Waals surface area contributed by atoms with E-state index in [1.165, 1.54) is 64.7 Å². The van der Waals surface area contributed by atoms with Gasteiger partial charge in [-0.25, -0.2) is 13.2 Å². The van der Waals surface area contributed by atoms with Gasteiger partial charge >= 0.3 is 12.5 Å². The van der Waals surface area contributed by atoms with E-state index in [-0.39, 0.29) is 50.5 Å². The second kappa shape index (κ2) is 34.8. The first-order valence-electron chi connectivity index (χ1n) is 30.1. The van der Waals surface area contributed by atoms with Gasteiger partial charge in [-0.1, -0.05) is 257 Å². The molecule has 0 heterocycles. The molecule has 0 N–H and O–H groups in total. The summed E-state index contributed by atoms with van der Waals surface area (Å²) in [6.45, 7) is 40.6. The molecule has 7 rings (SSSR count). The lowest BCUT2D eigenvalue weighted by molar-refractivity contribution is -0.274. The normalized spacial score (nSPS) is 13.0. The highest BCUT2D eigenvalue weighted by Crippen LogP contribution is 2.42. The van der Waals surface area contributed by atoms with E-state index in [2.05, 4.69) is 165 Å². The average Bonchev–Trinajstić information content (AvgIpc) is 1.05. The minimum absolute atomic E-state index is 0.0758. The lowest BCUT2D eigenvalue weighted by atomic mass is 9.73. The van der Waals surface area contributed by atoms with E-state index in [9.17, 15) is 39.5 Å². The molecule has 3 unspecified atom stereocenters. The second-order valence-electron chi connectivity index (χ2n) is 28.6. The van der Waals surface area contributed by atoms with Gasteiger partial charge in [-0.2, -0.15) is 13.2 Å². The maximum atomic E-state index is 12.8. The Morgan fingerprint density at radius 3 is 1.35 bits per heavy atom. The summed E-state index contributed by atoms with van der Waals surface area (Å²) >= 11 is 18.2.